The second kappa shape index (κ2) is 4.22. The van der Waals surface area contributed by atoms with Crippen LogP contribution in [0.2, 0.25) is 0 Å². The average molecular weight is 279 g/mol. The van der Waals surface area contributed by atoms with E-state index in [1.165, 1.54) is 6.07 Å². The van der Waals surface area contributed by atoms with E-state index in [0.717, 1.165) is 5.56 Å². The Labute approximate surface area is 110 Å². The molecule has 0 aliphatic heterocycles. The van der Waals surface area contributed by atoms with Crippen LogP contribution in [0.15, 0.2) is 41.2 Å². The maximum atomic E-state index is 12.6. The molecule has 0 unspecified atom stereocenters. The van der Waals surface area contributed by atoms with Gasteiger partial charge in [-0.15, -0.1) is 0 Å². The number of hydrogen-bond acceptors (Lipinski definition) is 2. The second-order valence-electron chi connectivity index (χ2n) is 4.22. The highest BCUT2D eigenvalue weighted by Gasteiger charge is 2.34. The van der Waals surface area contributed by atoms with Crippen molar-refractivity contribution in [3.8, 4) is 11.3 Å². The van der Waals surface area contributed by atoms with Crippen molar-refractivity contribution < 1.29 is 13.2 Å². The first-order valence-corrected chi connectivity index (χ1v) is 5.71. The SMILES string of the molecule is O=c1[nH]c(C(F)(F)F)nc2cc(-c3ccccc3)[nH]c12. The molecule has 4 nitrogen and oxygen atoms in total. The van der Waals surface area contributed by atoms with Gasteiger partial charge in [0.25, 0.3) is 5.56 Å². The third-order valence-electron chi connectivity index (χ3n) is 2.84. The Morgan fingerprint density at radius 3 is 2.40 bits per heavy atom. The largest absolute Gasteiger partial charge is 0.449 e. The molecule has 3 aromatic rings. The van der Waals surface area contributed by atoms with E-state index in [0.29, 0.717) is 5.69 Å². The molecule has 1 aromatic carbocycles. The summed E-state index contributed by atoms with van der Waals surface area (Å²) in [6.07, 6.45) is -4.68. The summed E-state index contributed by atoms with van der Waals surface area (Å²) in [5.41, 5.74) is 0.470. The lowest BCUT2D eigenvalue weighted by Gasteiger charge is -2.03. The van der Waals surface area contributed by atoms with Crippen LogP contribution < -0.4 is 5.56 Å². The predicted molar refractivity (Wildman–Crippen MR) is 67.2 cm³/mol. The van der Waals surface area contributed by atoms with Crippen molar-refractivity contribution in [2.75, 3.05) is 0 Å². The minimum atomic E-state index is -4.68. The minimum Gasteiger partial charge on any atom is -0.349 e. The Morgan fingerprint density at radius 1 is 1.05 bits per heavy atom. The van der Waals surface area contributed by atoms with Crippen LogP contribution in [-0.4, -0.2) is 15.0 Å². The number of hydrogen-bond donors (Lipinski definition) is 2. The summed E-state index contributed by atoms with van der Waals surface area (Å²) < 4.78 is 37.7. The number of nitrogens with zero attached hydrogens (tertiary/aromatic N) is 1. The van der Waals surface area contributed by atoms with Gasteiger partial charge in [-0.2, -0.15) is 13.2 Å². The monoisotopic (exact) mass is 279 g/mol. The van der Waals surface area contributed by atoms with Crippen molar-refractivity contribution >= 4 is 11.0 Å². The molecule has 0 aliphatic carbocycles. The van der Waals surface area contributed by atoms with Gasteiger partial charge in [0.15, 0.2) is 0 Å². The number of rotatable bonds is 1. The molecule has 0 amide bonds. The molecule has 2 aromatic heterocycles. The zero-order chi connectivity index (χ0) is 14.3. The lowest BCUT2D eigenvalue weighted by Crippen LogP contribution is -2.18. The second-order valence-corrected chi connectivity index (χ2v) is 4.22. The zero-order valence-electron chi connectivity index (χ0n) is 9.95. The Kier molecular flexibility index (Phi) is 2.63. The molecule has 0 saturated carbocycles. The number of fused-ring (bicyclic) bond motifs is 1. The maximum Gasteiger partial charge on any atom is 0.449 e. The normalized spacial score (nSPS) is 11.9. The van der Waals surface area contributed by atoms with E-state index in [4.69, 9.17) is 0 Å². The highest BCUT2D eigenvalue weighted by Crippen LogP contribution is 2.27. The standard InChI is InChI=1S/C13H8F3N3O/c14-13(15,16)12-18-9-6-8(7-4-2-1-3-5-7)17-10(9)11(20)19-12/h1-6,17H,(H,18,19,20). The van der Waals surface area contributed by atoms with Crippen molar-refractivity contribution in [3.05, 3.63) is 52.6 Å². The Morgan fingerprint density at radius 2 is 1.75 bits per heavy atom. The zero-order valence-corrected chi connectivity index (χ0v) is 9.95. The van der Waals surface area contributed by atoms with Crippen LogP contribution in [0.1, 0.15) is 5.82 Å². The van der Waals surface area contributed by atoms with Gasteiger partial charge in [-0.3, -0.25) is 4.79 Å². The number of aromatic nitrogens is 3. The first-order valence-electron chi connectivity index (χ1n) is 5.71. The van der Waals surface area contributed by atoms with Crippen molar-refractivity contribution in [2.24, 2.45) is 0 Å². The molecule has 0 spiro atoms. The summed E-state index contributed by atoms with van der Waals surface area (Å²) in [5, 5.41) is 0. The highest BCUT2D eigenvalue weighted by molar-refractivity contribution is 5.81. The summed E-state index contributed by atoms with van der Waals surface area (Å²) in [5.74, 6) is -1.30. The Balaban J connectivity index is 2.22. The quantitative estimate of drug-likeness (QED) is 0.719. The number of H-pyrrole nitrogens is 2. The average Bonchev–Trinajstić information content (AvgIpc) is 2.83. The molecule has 0 aliphatic rings. The molecule has 0 atom stereocenters. The van der Waals surface area contributed by atoms with E-state index in [1.807, 2.05) is 6.07 Å². The third kappa shape index (κ3) is 2.07. The van der Waals surface area contributed by atoms with Crippen molar-refractivity contribution in [1.82, 2.24) is 15.0 Å². The molecule has 0 bridgehead atoms. The molecule has 2 N–H and O–H groups in total. The van der Waals surface area contributed by atoms with Gasteiger partial charge in [0, 0.05) is 5.69 Å². The van der Waals surface area contributed by atoms with Crippen molar-refractivity contribution in [2.45, 2.75) is 6.18 Å². The molecule has 7 heteroatoms. The van der Waals surface area contributed by atoms with Gasteiger partial charge in [0.2, 0.25) is 5.82 Å². The number of nitrogens with one attached hydrogen (secondary N) is 2. The van der Waals surface area contributed by atoms with Crippen molar-refractivity contribution in [3.63, 3.8) is 0 Å². The molecule has 0 saturated heterocycles. The molecule has 0 radical (unpaired) electrons. The lowest BCUT2D eigenvalue weighted by molar-refractivity contribution is -0.144. The van der Waals surface area contributed by atoms with Crippen LogP contribution in [0.5, 0.6) is 0 Å². The van der Waals surface area contributed by atoms with E-state index in [-0.39, 0.29) is 11.0 Å². The molecular formula is C13H8F3N3O. The van der Waals surface area contributed by atoms with E-state index < -0.39 is 17.6 Å². The predicted octanol–water partition coefficient (Wildman–Crippen LogP) is 2.94. The van der Waals surface area contributed by atoms with Crippen LogP contribution >= 0.6 is 0 Å². The van der Waals surface area contributed by atoms with E-state index >= 15 is 0 Å². The third-order valence-corrected chi connectivity index (χ3v) is 2.84. The van der Waals surface area contributed by atoms with Gasteiger partial charge in [-0.1, -0.05) is 30.3 Å². The fraction of sp³-hybridized carbons (Fsp3) is 0.0769. The summed E-state index contributed by atoms with van der Waals surface area (Å²) >= 11 is 0. The van der Waals surface area contributed by atoms with E-state index in [2.05, 4.69) is 9.97 Å². The van der Waals surface area contributed by atoms with Gasteiger partial charge in [-0.25, -0.2) is 4.98 Å². The Bertz CT molecular complexity index is 818. The molecule has 102 valence electrons. The fourth-order valence-corrected chi connectivity index (χ4v) is 1.93. The van der Waals surface area contributed by atoms with Crippen LogP contribution in [0, 0.1) is 0 Å². The van der Waals surface area contributed by atoms with Crippen LogP contribution in [0.25, 0.3) is 22.3 Å². The summed E-state index contributed by atoms with van der Waals surface area (Å²) in [4.78, 5) is 19.6. The number of alkyl halides is 3. The van der Waals surface area contributed by atoms with Gasteiger partial charge in [0.1, 0.15) is 5.52 Å². The first kappa shape index (κ1) is 12.5. The summed E-state index contributed by atoms with van der Waals surface area (Å²) in [7, 11) is 0. The Hall–Kier alpha value is -2.57. The number of aromatic amines is 2. The highest BCUT2D eigenvalue weighted by atomic mass is 19.4. The molecular weight excluding hydrogens is 271 g/mol. The van der Waals surface area contributed by atoms with Gasteiger partial charge in [-0.05, 0) is 11.6 Å². The molecule has 3 rings (SSSR count). The summed E-state index contributed by atoms with van der Waals surface area (Å²) in [6, 6.07) is 10.4. The molecule has 20 heavy (non-hydrogen) atoms. The maximum absolute atomic E-state index is 12.6. The lowest BCUT2D eigenvalue weighted by atomic mass is 10.2. The fourth-order valence-electron chi connectivity index (χ4n) is 1.93. The minimum absolute atomic E-state index is 0.0140. The van der Waals surface area contributed by atoms with Gasteiger partial charge in [0.05, 0.1) is 5.52 Å². The number of benzene rings is 1. The summed E-state index contributed by atoms with van der Waals surface area (Å²) in [6.45, 7) is 0. The molecule has 0 fully saturated rings. The van der Waals surface area contributed by atoms with Gasteiger partial charge >= 0.3 is 6.18 Å². The molecule has 2 heterocycles. The first-order chi connectivity index (χ1) is 9.45. The van der Waals surface area contributed by atoms with E-state index in [1.54, 1.807) is 29.2 Å². The van der Waals surface area contributed by atoms with Gasteiger partial charge < -0.3 is 9.97 Å². The van der Waals surface area contributed by atoms with Crippen molar-refractivity contribution in [1.29, 1.82) is 0 Å². The topological polar surface area (TPSA) is 61.5 Å². The van der Waals surface area contributed by atoms with Crippen LogP contribution in [0.4, 0.5) is 13.2 Å². The van der Waals surface area contributed by atoms with Crippen LogP contribution in [0.3, 0.4) is 0 Å². The van der Waals surface area contributed by atoms with E-state index in [9.17, 15) is 18.0 Å². The number of halogens is 3. The smallest absolute Gasteiger partial charge is 0.349 e. The van der Waals surface area contributed by atoms with Crippen LogP contribution in [-0.2, 0) is 6.18 Å².